The lowest BCUT2D eigenvalue weighted by atomic mass is 10.1. The minimum atomic E-state index is 0.785. The SMILES string of the molecule is C=C(C)CCN1CCNCC(C)C1. The van der Waals surface area contributed by atoms with Gasteiger partial charge >= 0.3 is 0 Å². The molecule has 1 rings (SSSR count). The van der Waals surface area contributed by atoms with Gasteiger partial charge < -0.3 is 10.2 Å². The van der Waals surface area contributed by atoms with Crippen LogP contribution in [0, 0.1) is 5.92 Å². The van der Waals surface area contributed by atoms with Crippen LogP contribution in [0.2, 0.25) is 0 Å². The van der Waals surface area contributed by atoms with Crippen LogP contribution in [0.3, 0.4) is 0 Å². The van der Waals surface area contributed by atoms with E-state index in [0.717, 1.165) is 18.9 Å². The lowest BCUT2D eigenvalue weighted by Gasteiger charge is -2.21. The van der Waals surface area contributed by atoms with Crippen LogP contribution in [0.1, 0.15) is 20.3 Å². The van der Waals surface area contributed by atoms with Gasteiger partial charge in [0.05, 0.1) is 0 Å². The minimum absolute atomic E-state index is 0.785. The molecule has 1 fully saturated rings. The summed E-state index contributed by atoms with van der Waals surface area (Å²) in [4.78, 5) is 2.54. The van der Waals surface area contributed by atoms with E-state index in [9.17, 15) is 0 Å². The second kappa shape index (κ2) is 5.40. The van der Waals surface area contributed by atoms with Gasteiger partial charge in [-0.25, -0.2) is 0 Å². The molecule has 0 aromatic carbocycles. The van der Waals surface area contributed by atoms with E-state index in [-0.39, 0.29) is 0 Å². The van der Waals surface area contributed by atoms with Crippen LogP contribution in [0.5, 0.6) is 0 Å². The molecule has 1 unspecified atom stereocenters. The fourth-order valence-electron chi connectivity index (χ4n) is 1.73. The van der Waals surface area contributed by atoms with Crippen molar-refractivity contribution < 1.29 is 0 Å². The first kappa shape index (κ1) is 10.7. The van der Waals surface area contributed by atoms with Crippen LogP contribution in [0.4, 0.5) is 0 Å². The Kier molecular flexibility index (Phi) is 4.46. The summed E-state index contributed by atoms with van der Waals surface area (Å²) >= 11 is 0. The molecule has 1 saturated heterocycles. The van der Waals surface area contributed by atoms with Crippen molar-refractivity contribution in [2.75, 3.05) is 32.7 Å². The first-order valence-corrected chi connectivity index (χ1v) is 5.26. The molecule has 0 bridgehead atoms. The van der Waals surface area contributed by atoms with Crippen molar-refractivity contribution in [1.29, 1.82) is 0 Å². The Labute approximate surface area is 82.0 Å². The van der Waals surface area contributed by atoms with Gasteiger partial charge in [-0.1, -0.05) is 12.5 Å². The van der Waals surface area contributed by atoms with E-state index in [1.165, 1.54) is 31.8 Å². The summed E-state index contributed by atoms with van der Waals surface area (Å²) in [5, 5.41) is 3.45. The van der Waals surface area contributed by atoms with Crippen LogP contribution in [0.25, 0.3) is 0 Å². The zero-order chi connectivity index (χ0) is 9.68. The lowest BCUT2D eigenvalue weighted by Crippen LogP contribution is -2.30. The van der Waals surface area contributed by atoms with Gasteiger partial charge in [0.2, 0.25) is 0 Å². The molecule has 13 heavy (non-hydrogen) atoms. The third kappa shape index (κ3) is 4.44. The predicted molar refractivity (Wildman–Crippen MR) is 57.9 cm³/mol. The van der Waals surface area contributed by atoms with Crippen LogP contribution >= 0.6 is 0 Å². The molecule has 2 heteroatoms. The summed E-state index contributed by atoms with van der Waals surface area (Å²) in [5.74, 6) is 0.785. The molecule has 1 N–H and O–H groups in total. The molecule has 1 heterocycles. The van der Waals surface area contributed by atoms with E-state index in [0.29, 0.717) is 0 Å². The zero-order valence-electron chi connectivity index (χ0n) is 8.97. The van der Waals surface area contributed by atoms with Gasteiger partial charge in [-0.15, -0.1) is 6.58 Å². The Hall–Kier alpha value is -0.340. The van der Waals surface area contributed by atoms with Crippen molar-refractivity contribution in [1.82, 2.24) is 10.2 Å². The van der Waals surface area contributed by atoms with E-state index >= 15 is 0 Å². The maximum Gasteiger partial charge on any atom is 0.0107 e. The van der Waals surface area contributed by atoms with Crippen molar-refractivity contribution in [3.8, 4) is 0 Å². The summed E-state index contributed by atoms with van der Waals surface area (Å²) in [5.41, 5.74) is 1.30. The standard InChI is InChI=1S/C11H22N2/c1-10(2)4-6-13-7-5-12-8-11(3)9-13/h11-12H,1,4-9H2,2-3H3. The predicted octanol–water partition coefficient (Wildman–Crippen LogP) is 1.49. The third-order valence-electron chi connectivity index (χ3n) is 2.52. The van der Waals surface area contributed by atoms with E-state index in [1.54, 1.807) is 0 Å². The molecule has 76 valence electrons. The van der Waals surface area contributed by atoms with Crippen LogP contribution < -0.4 is 5.32 Å². The summed E-state index contributed by atoms with van der Waals surface area (Å²) in [6, 6.07) is 0. The molecule has 2 nitrogen and oxygen atoms in total. The fourth-order valence-corrected chi connectivity index (χ4v) is 1.73. The highest BCUT2D eigenvalue weighted by atomic mass is 15.2. The number of nitrogens with one attached hydrogen (secondary N) is 1. The molecule has 1 aliphatic heterocycles. The Bertz CT molecular complexity index is 165. The summed E-state index contributed by atoms with van der Waals surface area (Å²) in [7, 11) is 0. The minimum Gasteiger partial charge on any atom is -0.315 e. The third-order valence-corrected chi connectivity index (χ3v) is 2.52. The molecule has 0 amide bonds. The van der Waals surface area contributed by atoms with Crippen LogP contribution in [0.15, 0.2) is 12.2 Å². The molecule has 0 aromatic heterocycles. The average molecular weight is 182 g/mol. The van der Waals surface area contributed by atoms with E-state index in [1.807, 2.05) is 0 Å². The smallest absolute Gasteiger partial charge is 0.0107 e. The van der Waals surface area contributed by atoms with E-state index in [2.05, 4.69) is 30.6 Å². The van der Waals surface area contributed by atoms with Gasteiger partial charge in [0.1, 0.15) is 0 Å². The van der Waals surface area contributed by atoms with Crippen molar-refractivity contribution in [3.63, 3.8) is 0 Å². The normalized spacial score (nSPS) is 25.5. The molecule has 0 spiro atoms. The second-order valence-corrected chi connectivity index (χ2v) is 4.32. The second-order valence-electron chi connectivity index (χ2n) is 4.32. The quantitative estimate of drug-likeness (QED) is 0.665. The van der Waals surface area contributed by atoms with Gasteiger partial charge in [0.25, 0.3) is 0 Å². The molecular weight excluding hydrogens is 160 g/mol. The van der Waals surface area contributed by atoms with Crippen molar-refractivity contribution in [2.45, 2.75) is 20.3 Å². The van der Waals surface area contributed by atoms with Crippen LogP contribution in [-0.4, -0.2) is 37.6 Å². The highest BCUT2D eigenvalue weighted by molar-refractivity contribution is 4.89. The van der Waals surface area contributed by atoms with Crippen LogP contribution in [-0.2, 0) is 0 Å². The monoisotopic (exact) mass is 182 g/mol. The topological polar surface area (TPSA) is 15.3 Å². The zero-order valence-corrected chi connectivity index (χ0v) is 8.97. The van der Waals surface area contributed by atoms with E-state index in [4.69, 9.17) is 0 Å². The number of nitrogens with zero attached hydrogens (tertiary/aromatic N) is 1. The summed E-state index contributed by atoms with van der Waals surface area (Å²) in [6.07, 6.45) is 1.15. The lowest BCUT2D eigenvalue weighted by molar-refractivity contribution is 0.268. The molecule has 0 radical (unpaired) electrons. The Morgan fingerprint density at radius 3 is 3.08 bits per heavy atom. The molecular formula is C11H22N2. The average Bonchev–Trinajstić information content (AvgIpc) is 2.26. The fraction of sp³-hybridized carbons (Fsp3) is 0.818. The van der Waals surface area contributed by atoms with Gasteiger partial charge in [-0.3, -0.25) is 0 Å². The Balaban J connectivity index is 2.26. The number of hydrogen-bond acceptors (Lipinski definition) is 2. The molecule has 0 aromatic rings. The Morgan fingerprint density at radius 1 is 1.62 bits per heavy atom. The summed E-state index contributed by atoms with van der Waals surface area (Å²) in [6.45, 7) is 14.3. The van der Waals surface area contributed by atoms with Gasteiger partial charge in [0, 0.05) is 26.2 Å². The van der Waals surface area contributed by atoms with Gasteiger partial charge in [0.15, 0.2) is 0 Å². The van der Waals surface area contributed by atoms with Gasteiger partial charge in [-0.05, 0) is 25.8 Å². The number of hydrogen-bond donors (Lipinski definition) is 1. The molecule has 0 aliphatic carbocycles. The maximum absolute atomic E-state index is 3.94. The first-order valence-electron chi connectivity index (χ1n) is 5.26. The number of rotatable bonds is 3. The highest BCUT2D eigenvalue weighted by Gasteiger charge is 2.13. The highest BCUT2D eigenvalue weighted by Crippen LogP contribution is 2.05. The molecule has 1 atom stereocenters. The molecule has 1 aliphatic rings. The van der Waals surface area contributed by atoms with Gasteiger partial charge in [-0.2, -0.15) is 0 Å². The maximum atomic E-state index is 3.94. The van der Waals surface area contributed by atoms with Crippen molar-refractivity contribution in [3.05, 3.63) is 12.2 Å². The summed E-state index contributed by atoms with van der Waals surface area (Å²) < 4.78 is 0. The molecule has 0 saturated carbocycles. The largest absolute Gasteiger partial charge is 0.315 e. The van der Waals surface area contributed by atoms with Crippen molar-refractivity contribution >= 4 is 0 Å². The first-order chi connectivity index (χ1) is 6.18. The Morgan fingerprint density at radius 2 is 2.38 bits per heavy atom. The van der Waals surface area contributed by atoms with Crippen molar-refractivity contribution in [2.24, 2.45) is 5.92 Å². The van der Waals surface area contributed by atoms with E-state index < -0.39 is 0 Å².